The van der Waals surface area contributed by atoms with E-state index in [0.717, 1.165) is 15.7 Å². The van der Waals surface area contributed by atoms with Crippen molar-refractivity contribution in [2.24, 2.45) is 5.10 Å². The van der Waals surface area contributed by atoms with Gasteiger partial charge in [-0.2, -0.15) is 5.10 Å². The number of hydrazone groups is 1. The van der Waals surface area contributed by atoms with Crippen LogP contribution in [0.2, 0.25) is 0 Å². The van der Waals surface area contributed by atoms with Gasteiger partial charge in [0.25, 0.3) is 0 Å². The summed E-state index contributed by atoms with van der Waals surface area (Å²) >= 11 is 5.09. The van der Waals surface area contributed by atoms with E-state index in [0.29, 0.717) is 5.75 Å². The summed E-state index contributed by atoms with van der Waals surface area (Å²) in [7, 11) is 0. The average molecular weight is 451 g/mol. The first-order chi connectivity index (χ1) is 13.6. The van der Waals surface area contributed by atoms with E-state index in [9.17, 15) is 4.79 Å². The van der Waals surface area contributed by atoms with E-state index >= 15 is 0 Å². The highest BCUT2D eigenvalue weighted by molar-refractivity contribution is 9.10. The number of fused-ring (bicyclic) bond motifs is 3. The molecule has 3 aromatic rings. The van der Waals surface area contributed by atoms with E-state index in [1.54, 1.807) is 11.8 Å². The summed E-state index contributed by atoms with van der Waals surface area (Å²) in [4.78, 5) is 12.4. The molecular formula is C23H19BrN2OS. The van der Waals surface area contributed by atoms with Crippen molar-refractivity contribution in [1.82, 2.24) is 5.43 Å². The molecule has 0 saturated carbocycles. The molecule has 1 aliphatic carbocycles. The second kappa shape index (κ2) is 8.33. The van der Waals surface area contributed by atoms with Crippen molar-refractivity contribution in [2.75, 3.05) is 5.75 Å². The van der Waals surface area contributed by atoms with Crippen molar-refractivity contribution in [3.8, 4) is 11.1 Å². The van der Waals surface area contributed by atoms with Crippen LogP contribution in [0.1, 0.15) is 28.9 Å². The number of rotatable bonds is 5. The third-order valence-electron chi connectivity index (χ3n) is 4.75. The molecular weight excluding hydrogens is 432 g/mol. The second-order valence-corrected chi connectivity index (χ2v) is 8.62. The first-order valence-electron chi connectivity index (χ1n) is 9.02. The minimum Gasteiger partial charge on any atom is -0.272 e. The van der Waals surface area contributed by atoms with E-state index in [-0.39, 0.29) is 11.2 Å². The van der Waals surface area contributed by atoms with E-state index in [2.05, 4.69) is 75.0 Å². The van der Waals surface area contributed by atoms with E-state index in [4.69, 9.17) is 0 Å². The summed E-state index contributed by atoms with van der Waals surface area (Å²) in [6, 6.07) is 24.7. The molecule has 0 fully saturated rings. The number of halogens is 1. The number of amides is 1. The Hall–Kier alpha value is -2.37. The predicted octanol–water partition coefficient (Wildman–Crippen LogP) is 5.79. The molecule has 0 atom stereocenters. The van der Waals surface area contributed by atoms with Gasteiger partial charge in [-0.3, -0.25) is 4.79 Å². The van der Waals surface area contributed by atoms with Crippen LogP contribution in [0.3, 0.4) is 0 Å². The van der Waals surface area contributed by atoms with Gasteiger partial charge in [0, 0.05) is 4.47 Å². The summed E-state index contributed by atoms with van der Waals surface area (Å²) in [5.41, 5.74) is 9.51. The molecule has 0 aliphatic heterocycles. The zero-order chi connectivity index (χ0) is 19.5. The average Bonchev–Trinajstić information content (AvgIpc) is 3.04. The Morgan fingerprint density at radius 1 is 1.00 bits per heavy atom. The molecule has 28 heavy (non-hydrogen) atoms. The lowest BCUT2D eigenvalue weighted by Crippen LogP contribution is -2.21. The zero-order valence-electron chi connectivity index (χ0n) is 15.4. The summed E-state index contributed by atoms with van der Waals surface area (Å²) in [6.45, 7) is 1.89. The van der Waals surface area contributed by atoms with Gasteiger partial charge in [-0.25, -0.2) is 5.43 Å². The lowest BCUT2D eigenvalue weighted by molar-refractivity contribution is -0.118. The monoisotopic (exact) mass is 450 g/mol. The van der Waals surface area contributed by atoms with Gasteiger partial charge >= 0.3 is 0 Å². The predicted molar refractivity (Wildman–Crippen MR) is 121 cm³/mol. The number of carbonyl (C=O) groups is 1. The molecule has 0 heterocycles. The molecule has 140 valence electrons. The molecule has 3 aromatic carbocycles. The van der Waals surface area contributed by atoms with Crippen molar-refractivity contribution in [3.63, 3.8) is 0 Å². The van der Waals surface area contributed by atoms with E-state index in [1.807, 2.05) is 31.2 Å². The fraction of sp³-hybridized carbons (Fsp3) is 0.130. The highest BCUT2D eigenvalue weighted by Crippen LogP contribution is 2.49. The third-order valence-corrected chi connectivity index (χ3v) is 6.51. The molecule has 1 N–H and O–H groups in total. The van der Waals surface area contributed by atoms with Crippen LogP contribution >= 0.6 is 27.7 Å². The Balaban J connectivity index is 1.43. The molecule has 5 heteroatoms. The lowest BCUT2D eigenvalue weighted by Gasteiger charge is -2.12. The SMILES string of the molecule is C/C(=N/NC(=O)CSC1c2ccccc2-c2ccccc21)c1cccc(Br)c1. The smallest absolute Gasteiger partial charge is 0.250 e. The Bertz CT molecular complexity index is 1020. The van der Waals surface area contributed by atoms with Crippen LogP contribution in [0, 0.1) is 0 Å². The fourth-order valence-electron chi connectivity index (χ4n) is 3.40. The molecule has 1 amide bonds. The third kappa shape index (κ3) is 3.91. The van der Waals surface area contributed by atoms with Gasteiger partial charge in [0.2, 0.25) is 5.91 Å². The van der Waals surface area contributed by atoms with Crippen molar-refractivity contribution in [2.45, 2.75) is 12.2 Å². The highest BCUT2D eigenvalue weighted by atomic mass is 79.9. The van der Waals surface area contributed by atoms with Crippen LogP contribution in [0.15, 0.2) is 82.4 Å². The standard InChI is InChI=1S/C23H19BrN2OS/c1-15(16-7-6-8-17(24)13-16)25-26-22(27)14-28-23-20-11-4-2-9-18(20)19-10-3-5-12-21(19)23/h2-13,23H,14H2,1H3,(H,26,27)/b25-15-. The molecule has 3 nitrogen and oxygen atoms in total. The van der Waals surface area contributed by atoms with Gasteiger partial charge in [0.05, 0.1) is 16.7 Å². The Morgan fingerprint density at radius 2 is 1.64 bits per heavy atom. The Labute approximate surface area is 177 Å². The topological polar surface area (TPSA) is 41.5 Å². The van der Waals surface area contributed by atoms with Gasteiger partial charge in [-0.05, 0) is 46.9 Å². The maximum absolute atomic E-state index is 12.4. The van der Waals surface area contributed by atoms with E-state index < -0.39 is 0 Å². The highest BCUT2D eigenvalue weighted by Gasteiger charge is 2.28. The minimum atomic E-state index is -0.0961. The van der Waals surface area contributed by atoms with Crippen LogP contribution in [-0.4, -0.2) is 17.4 Å². The maximum Gasteiger partial charge on any atom is 0.250 e. The number of thioether (sulfide) groups is 1. The van der Waals surface area contributed by atoms with Crippen LogP contribution in [0.4, 0.5) is 0 Å². The van der Waals surface area contributed by atoms with Crippen molar-refractivity contribution in [3.05, 3.63) is 94.0 Å². The van der Waals surface area contributed by atoms with E-state index in [1.165, 1.54) is 22.3 Å². The first kappa shape index (κ1) is 19.0. The number of benzene rings is 3. The number of carbonyl (C=O) groups excluding carboxylic acids is 1. The second-order valence-electron chi connectivity index (χ2n) is 6.61. The van der Waals surface area contributed by atoms with Crippen molar-refractivity contribution < 1.29 is 4.79 Å². The first-order valence-corrected chi connectivity index (χ1v) is 10.9. The molecule has 0 saturated heterocycles. The van der Waals surface area contributed by atoms with Crippen molar-refractivity contribution in [1.29, 1.82) is 0 Å². The van der Waals surface area contributed by atoms with Gasteiger partial charge in [0.1, 0.15) is 0 Å². The zero-order valence-corrected chi connectivity index (χ0v) is 17.8. The minimum absolute atomic E-state index is 0.0961. The van der Waals surface area contributed by atoms with Crippen LogP contribution < -0.4 is 5.43 Å². The van der Waals surface area contributed by atoms with Gasteiger partial charge in [0.15, 0.2) is 0 Å². The van der Waals surface area contributed by atoms with Crippen LogP contribution in [0.5, 0.6) is 0 Å². The number of hydrogen-bond donors (Lipinski definition) is 1. The molecule has 0 bridgehead atoms. The Kier molecular flexibility index (Phi) is 5.64. The van der Waals surface area contributed by atoms with Gasteiger partial charge in [-0.15, -0.1) is 11.8 Å². The Morgan fingerprint density at radius 3 is 2.29 bits per heavy atom. The summed E-state index contributed by atoms with van der Waals surface area (Å²) in [5.74, 6) is 0.254. The fourth-order valence-corrected chi connectivity index (χ4v) is 4.96. The van der Waals surface area contributed by atoms with Gasteiger partial charge < -0.3 is 0 Å². The summed E-state index contributed by atoms with van der Waals surface area (Å²) in [5, 5.41) is 4.43. The molecule has 4 rings (SSSR count). The number of hydrogen-bond acceptors (Lipinski definition) is 3. The molecule has 0 aromatic heterocycles. The largest absolute Gasteiger partial charge is 0.272 e. The van der Waals surface area contributed by atoms with Crippen LogP contribution in [-0.2, 0) is 4.79 Å². The number of nitrogens with one attached hydrogen (secondary N) is 1. The summed E-state index contributed by atoms with van der Waals surface area (Å²) < 4.78 is 0.986. The van der Waals surface area contributed by atoms with Gasteiger partial charge in [-0.1, -0.05) is 76.6 Å². The van der Waals surface area contributed by atoms with Crippen molar-refractivity contribution >= 4 is 39.3 Å². The molecule has 0 unspecified atom stereocenters. The normalized spacial score (nSPS) is 13.1. The lowest BCUT2D eigenvalue weighted by atomic mass is 10.1. The maximum atomic E-state index is 12.4. The molecule has 1 aliphatic rings. The molecule has 0 radical (unpaired) electrons. The van der Waals surface area contributed by atoms with Crippen LogP contribution in [0.25, 0.3) is 11.1 Å². The molecule has 0 spiro atoms. The quantitative estimate of drug-likeness (QED) is 0.394. The number of nitrogens with zero attached hydrogens (tertiary/aromatic N) is 1. The summed E-state index contributed by atoms with van der Waals surface area (Å²) in [6.07, 6.45) is 0.